The summed E-state index contributed by atoms with van der Waals surface area (Å²) in [6.07, 6.45) is 0.862. The number of ketones is 1. The molecule has 2 N–H and O–H groups in total. The fourth-order valence-electron chi connectivity index (χ4n) is 4.78. The molecule has 0 amide bonds. The third-order valence-electron chi connectivity index (χ3n) is 6.46. The lowest BCUT2D eigenvalue weighted by Crippen LogP contribution is -2.27. The van der Waals surface area contributed by atoms with Gasteiger partial charge in [0, 0.05) is 17.7 Å². The summed E-state index contributed by atoms with van der Waals surface area (Å²) in [5.74, 6) is -0.768. The minimum atomic E-state index is -0.946. The Hall–Kier alpha value is -3.87. The number of nitrogens with one attached hydrogen (secondary N) is 2. The molecule has 3 aromatic carbocycles. The molecule has 0 bridgehead atoms. The van der Waals surface area contributed by atoms with Gasteiger partial charge in [-0.05, 0) is 59.9 Å². The van der Waals surface area contributed by atoms with Crippen molar-refractivity contribution in [1.29, 1.82) is 0 Å². The second-order valence-corrected chi connectivity index (χ2v) is 8.46. The van der Waals surface area contributed by atoms with Crippen molar-refractivity contribution in [3.63, 3.8) is 0 Å². The smallest absolute Gasteiger partial charge is 0.163 e. The lowest BCUT2D eigenvalue weighted by atomic mass is 9.78. The van der Waals surface area contributed by atoms with Crippen LogP contribution in [0.3, 0.4) is 0 Å². The Morgan fingerprint density at radius 1 is 0.824 bits per heavy atom. The first-order chi connectivity index (χ1) is 16.5. The zero-order valence-electron chi connectivity index (χ0n) is 18.8. The average molecular weight is 462 g/mol. The van der Waals surface area contributed by atoms with E-state index in [4.69, 9.17) is 9.47 Å². The second-order valence-electron chi connectivity index (χ2n) is 8.46. The Morgan fingerprint density at radius 2 is 1.56 bits per heavy atom. The SMILES string of the molecule is COc1ccc([C@@H]2CC(=O)C3=C(C2)Nc2ccccc2N[C@H]3c2ccc(F)c(F)c2)cc1OC. The molecule has 5 rings (SSSR count). The highest BCUT2D eigenvalue weighted by atomic mass is 19.2. The first kappa shape index (κ1) is 21.9. The van der Waals surface area contributed by atoms with E-state index in [-0.39, 0.29) is 18.1 Å². The van der Waals surface area contributed by atoms with Crippen molar-refractivity contribution in [1.82, 2.24) is 0 Å². The topological polar surface area (TPSA) is 59.6 Å². The van der Waals surface area contributed by atoms with Gasteiger partial charge in [-0.25, -0.2) is 8.78 Å². The number of benzene rings is 3. The summed E-state index contributed by atoms with van der Waals surface area (Å²) >= 11 is 0. The maximum atomic E-state index is 14.1. The number of Topliss-reactive ketones (excluding diaryl/α,β-unsaturated/α-hetero) is 1. The molecule has 0 spiro atoms. The van der Waals surface area contributed by atoms with Crippen molar-refractivity contribution in [2.75, 3.05) is 24.9 Å². The number of anilines is 2. The minimum absolute atomic E-state index is 0.0522. The van der Waals surface area contributed by atoms with E-state index >= 15 is 0 Å². The molecule has 5 nitrogen and oxygen atoms in total. The van der Waals surface area contributed by atoms with Crippen LogP contribution in [0.2, 0.25) is 0 Å². The number of hydrogen-bond acceptors (Lipinski definition) is 5. The Kier molecular flexibility index (Phi) is 5.69. The maximum Gasteiger partial charge on any atom is 0.163 e. The molecule has 0 fully saturated rings. The average Bonchev–Trinajstić information content (AvgIpc) is 3.02. The van der Waals surface area contributed by atoms with Crippen molar-refractivity contribution in [2.45, 2.75) is 24.8 Å². The standard InChI is InChI=1S/C27H24F2N2O3/c1-33-24-10-8-15(14-25(24)34-2)17-12-22-26(23(32)13-17)27(16-7-9-18(28)19(29)11-16)31-21-6-4-3-5-20(21)30-22/h3-11,14,17,27,30-31H,12-13H2,1-2H3/t17-,27-/m0/s1. The van der Waals surface area contributed by atoms with Gasteiger partial charge in [0.15, 0.2) is 28.9 Å². The van der Waals surface area contributed by atoms with Gasteiger partial charge in [0.25, 0.3) is 0 Å². The van der Waals surface area contributed by atoms with Crippen LogP contribution < -0.4 is 20.1 Å². The highest BCUT2D eigenvalue weighted by Crippen LogP contribution is 2.45. The normalized spacial score (nSPS) is 19.4. The van der Waals surface area contributed by atoms with E-state index in [0.717, 1.165) is 34.8 Å². The molecule has 2 aliphatic rings. The molecule has 0 unspecified atom stereocenters. The lowest BCUT2D eigenvalue weighted by molar-refractivity contribution is -0.116. The van der Waals surface area contributed by atoms with Gasteiger partial charge in [-0.2, -0.15) is 0 Å². The van der Waals surface area contributed by atoms with Crippen molar-refractivity contribution < 1.29 is 23.0 Å². The highest BCUT2D eigenvalue weighted by Gasteiger charge is 2.36. The number of para-hydroxylation sites is 2. The van der Waals surface area contributed by atoms with Gasteiger partial charge < -0.3 is 20.1 Å². The molecule has 0 saturated heterocycles. The molecule has 34 heavy (non-hydrogen) atoms. The maximum absolute atomic E-state index is 14.1. The minimum Gasteiger partial charge on any atom is -0.493 e. The van der Waals surface area contributed by atoms with Crippen molar-refractivity contribution >= 4 is 17.2 Å². The molecule has 7 heteroatoms. The molecule has 0 saturated carbocycles. The Morgan fingerprint density at radius 3 is 2.29 bits per heavy atom. The number of halogens is 2. The Labute approximate surface area is 196 Å². The van der Waals surface area contributed by atoms with Crippen molar-refractivity contribution in [2.24, 2.45) is 0 Å². The van der Waals surface area contributed by atoms with Crippen LogP contribution in [0.15, 0.2) is 71.9 Å². The van der Waals surface area contributed by atoms with Gasteiger partial charge in [0.1, 0.15) is 0 Å². The number of fused-ring (bicyclic) bond motifs is 1. The van der Waals surface area contributed by atoms with Crippen LogP contribution in [0.4, 0.5) is 20.2 Å². The largest absolute Gasteiger partial charge is 0.493 e. The number of rotatable bonds is 4. The summed E-state index contributed by atoms with van der Waals surface area (Å²) in [5, 5.41) is 6.81. The van der Waals surface area contributed by atoms with Crippen molar-refractivity contribution in [3.05, 3.63) is 94.7 Å². The summed E-state index contributed by atoms with van der Waals surface area (Å²) in [6, 6.07) is 16.4. The first-order valence-corrected chi connectivity index (χ1v) is 11.0. The number of hydrogen-bond donors (Lipinski definition) is 2. The van der Waals surface area contributed by atoms with E-state index < -0.39 is 17.7 Å². The molecule has 3 aromatic rings. The fraction of sp³-hybridized carbons (Fsp3) is 0.222. The van der Waals surface area contributed by atoms with Crippen LogP contribution >= 0.6 is 0 Å². The van der Waals surface area contributed by atoms with Crippen LogP contribution in [-0.2, 0) is 4.79 Å². The molecular weight excluding hydrogens is 438 g/mol. The van der Waals surface area contributed by atoms with Crippen LogP contribution in [0.5, 0.6) is 11.5 Å². The van der Waals surface area contributed by atoms with Gasteiger partial charge in [-0.1, -0.05) is 24.3 Å². The number of carbonyl (C=O) groups excluding carboxylic acids is 1. The Bertz CT molecular complexity index is 1300. The van der Waals surface area contributed by atoms with Crippen LogP contribution in [0.1, 0.15) is 35.9 Å². The summed E-state index contributed by atoms with van der Waals surface area (Å²) in [5.41, 5.74) is 4.36. The quantitative estimate of drug-likeness (QED) is 0.501. The zero-order chi connectivity index (χ0) is 23.8. The molecule has 1 heterocycles. The van der Waals surface area contributed by atoms with E-state index in [9.17, 15) is 13.6 Å². The number of ether oxygens (including phenoxy) is 2. The molecule has 1 aliphatic carbocycles. The van der Waals surface area contributed by atoms with Crippen molar-refractivity contribution in [3.8, 4) is 11.5 Å². The van der Waals surface area contributed by atoms with E-state index in [0.29, 0.717) is 29.1 Å². The predicted molar refractivity (Wildman–Crippen MR) is 126 cm³/mol. The molecule has 0 radical (unpaired) electrons. The summed E-state index contributed by atoms with van der Waals surface area (Å²) in [4.78, 5) is 13.6. The van der Waals surface area contributed by atoms with Crippen LogP contribution in [0, 0.1) is 11.6 Å². The fourth-order valence-corrected chi connectivity index (χ4v) is 4.78. The van der Waals surface area contributed by atoms with Gasteiger partial charge in [0.05, 0.1) is 31.6 Å². The van der Waals surface area contributed by atoms with Gasteiger partial charge >= 0.3 is 0 Å². The van der Waals surface area contributed by atoms with E-state index in [1.165, 1.54) is 6.07 Å². The van der Waals surface area contributed by atoms with Gasteiger partial charge in [-0.3, -0.25) is 4.79 Å². The van der Waals surface area contributed by atoms with E-state index in [2.05, 4.69) is 10.6 Å². The van der Waals surface area contributed by atoms with Gasteiger partial charge in [-0.15, -0.1) is 0 Å². The zero-order valence-corrected chi connectivity index (χ0v) is 18.8. The summed E-state index contributed by atoms with van der Waals surface area (Å²) in [7, 11) is 3.16. The lowest BCUT2D eigenvalue weighted by Gasteiger charge is -2.30. The van der Waals surface area contributed by atoms with E-state index in [1.807, 2.05) is 42.5 Å². The molecule has 0 aromatic heterocycles. The third-order valence-corrected chi connectivity index (χ3v) is 6.46. The summed E-state index contributed by atoms with van der Waals surface area (Å²) < 4.78 is 38.6. The molecule has 2 atom stereocenters. The van der Waals surface area contributed by atoms with E-state index in [1.54, 1.807) is 14.2 Å². The molecule has 1 aliphatic heterocycles. The van der Waals surface area contributed by atoms with Gasteiger partial charge in [0.2, 0.25) is 0 Å². The predicted octanol–water partition coefficient (Wildman–Crippen LogP) is 5.96. The van der Waals surface area contributed by atoms with Crippen LogP contribution in [0.25, 0.3) is 0 Å². The highest BCUT2D eigenvalue weighted by molar-refractivity contribution is 6.01. The third kappa shape index (κ3) is 3.87. The molecular formula is C27H24F2N2O3. The number of carbonyl (C=O) groups is 1. The van der Waals surface area contributed by atoms with Crippen LogP contribution in [-0.4, -0.2) is 20.0 Å². The summed E-state index contributed by atoms with van der Waals surface area (Å²) in [6.45, 7) is 0. The number of allylic oxidation sites excluding steroid dienone is 1. The Balaban J connectivity index is 1.59. The monoisotopic (exact) mass is 462 g/mol. The second kappa shape index (κ2) is 8.82. The first-order valence-electron chi connectivity index (χ1n) is 11.0. The molecule has 174 valence electrons. The number of methoxy groups -OCH3 is 2.